The number of Topliss-reactive ketones (excluding diaryl/α,β-unsaturated/α-hetero) is 1. The molecule has 2 aliphatic rings. The fourth-order valence-electron chi connectivity index (χ4n) is 4.25. The molecule has 0 aromatic heterocycles. The quantitative estimate of drug-likeness (QED) is 0.327. The predicted octanol–water partition coefficient (Wildman–Crippen LogP) is 2.06. The summed E-state index contributed by atoms with van der Waals surface area (Å²) in [6.45, 7) is 9.54. The van der Waals surface area contributed by atoms with Crippen molar-refractivity contribution >= 4 is 29.6 Å². The van der Waals surface area contributed by atoms with Gasteiger partial charge >= 0.3 is 6.09 Å². The first-order chi connectivity index (χ1) is 16.3. The molecule has 1 saturated carbocycles. The van der Waals surface area contributed by atoms with E-state index >= 15 is 0 Å². The number of rotatable bonds is 10. The number of carbonyl (C=O) groups is 5. The number of carboxylic acid groups (broad SMARTS) is 1. The van der Waals surface area contributed by atoms with Crippen LogP contribution in [0.4, 0.5) is 13.6 Å². The molecule has 4 N–H and O–H groups in total. The molecular formula is C24H38F2N4O6. The van der Waals surface area contributed by atoms with Crippen molar-refractivity contribution in [1.29, 1.82) is 0 Å². The normalized spacial score (nSPS) is 21.3. The molecule has 0 spiro atoms. The van der Waals surface area contributed by atoms with Crippen molar-refractivity contribution in [3.63, 3.8) is 0 Å². The third-order valence-electron chi connectivity index (χ3n) is 6.33. The smallest absolute Gasteiger partial charge is 0.405 e. The molecule has 0 radical (unpaired) electrons. The van der Waals surface area contributed by atoms with E-state index in [1.807, 2.05) is 13.8 Å². The molecule has 12 heteroatoms. The van der Waals surface area contributed by atoms with Gasteiger partial charge < -0.3 is 26.0 Å². The van der Waals surface area contributed by atoms with Gasteiger partial charge in [0.15, 0.2) is 0 Å². The number of nitrogens with one attached hydrogen (secondary N) is 3. The van der Waals surface area contributed by atoms with E-state index in [9.17, 15) is 37.9 Å². The summed E-state index contributed by atoms with van der Waals surface area (Å²) in [5.74, 6) is -6.44. The second-order valence-corrected chi connectivity index (χ2v) is 11.9. The van der Waals surface area contributed by atoms with Gasteiger partial charge in [0, 0.05) is 19.0 Å². The average Bonchev–Trinajstić information content (AvgIpc) is 3.46. The second-order valence-electron chi connectivity index (χ2n) is 11.9. The molecule has 0 aromatic carbocycles. The molecule has 4 amide bonds. The number of hydrogen-bond acceptors (Lipinski definition) is 5. The van der Waals surface area contributed by atoms with Gasteiger partial charge in [-0.1, -0.05) is 34.6 Å². The topological polar surface area (TPSA) is 145 Å². The summed E-state index contributed by atoms with van der Waals surface area (Å²) in [6.07, 6.45) is -0.939. The second kappa shape index (κ2) is 10.7. The standard InChI is InChI=1S/C24H38F2N4O6/c1-22(2,3)17(29-21(35)36)20(34)30-12-23(4,5)11-15(30)18(32)28-14(9-10-24(6,25)26)16(31)19(33)27-13-7-8-13/h13-15,17,29H,7-12H2,1-6H3,(H,27,33)(H,28,32)(H,35,36). The molecular weight excluding hydrogens is 478 g/mol. The number of ketones is 1. The van der Waals surface area contributed by atoms with E-state index in [-0.39, 0.29) is 19.0 Å². The van der Waals surface area contributed by atoms with Crippen LogP contribution in [-0.4, -0.2) is 76.2 Å². The van der Waals surface area contributed by atoms with Crippen LogP contribution in [0.3, 0.4) is 0 Å². The van der Waals surface area contributed by atoms with Crippen molar-refractivity contribution in [2.45, 2.75) is 104 Å². The van der Waals surface area contributed by atoms with Gasteiger partial charge in [0.2, 0.25) is 23.5 Å². The van der Waals surface area contributed by atoms with Crippen LogP contribution < -0.4 is 16.0 Å². The lowest BCUT2D eigenvalue weighted by Gasteiger charge is -2.35. The summed E-state index contributed by atoms with van der Waals surface area (Å²) in [5, 5.41) is 16.4. The van der Waals surface area contributed by atoms with E-state index in [1.165, 1.54) is 4.90 Å². The number of nitrogens with zero attached hydrogens (tertiary/aromatic N) is 1. The highest BCUT2D eigenvalue weighted by atomic mass is 19.3. The SMILES string of the molecule is CC(F)(F)CCC(NC(=O)C1CC(C)(C)CN1C(=O)C(NC(=O)O)C(C)(C)C)C(=O)C(=O)NC1CC1. The summed E-state index contributed by atoms with van der Waals surface area (Å²) >= 11 is 0. The van der Waals surface area contributed by atoms with Crippen LogP contribution in [0.5, 0.6) is 0 Å². The first kappa shape index (κ1) is 29.4. The highest BCUT2D eigenvalue weighted by Gasteiger charge is 2.48. The molecule has 3 unspecified atom stereocenters. The van der Waals surface area contributed by atoms with Crippen LogP contribution >= 0.6 is 0 Å². The molecule has 36 heavy (non-hydrogen) atoms. The van der Waals surface area contributed by atoms with E-state index in [2.05, 4.69) is 16.0 Å². The molecule has 2 rings (SSSR count). The first-order valence-corrected chi connectivity index (χ1v) is 12.1. The van der Waals surface area contributed by atoms with Gasteiger partial charge in [0.05, 0.1) is 6.04 Å². The van der Waals surface area contributed by atoms with E-state index in [0.717, 1.165) is 12.8 Å². The Morgan fingerprint density at radius 1 is 1.06 bits per heavy atom. The molecule has 1 aliphatic carbocycles. The molecule has 3 atom stereocenters. The van der Waals surface area contributed by atoms with Crippen LogP contribution in [0.1, 0.15) is 73.6 Å². The van der Waals surface area contributed by atoms with Crippen molar-refractivity contribution < 1.29 is 37.9 Å². The maximum absolute atomic E-state index is 13.5. The van der Waals surface area contributed by atoms with Gasteiger partial charge in [-0.25, -0.2) is 13.6 Å². The minimum absolute atomic E-state index is 0.134. The van der Waals surface area contributed by atoms with Crippen molar-refractivity contribution in [2.24, 2.45) is 10.8 Å². The van der Waals surface area contributed by atoms with Crippen LogP contribution in [0.25, 0.3) is 0 Å². The fraction of sp³-hybridized carbons (Fsp3) is 0.792. The lowest BCUT2D eigenvalue weighted by Crippen LogP contribution is -2.59. The number of amides is 4. The summed E-state index contributed by atoms with van der Waals surface area (Å²) < 4.78 is 27.1. The van der Waals surface area contributed by atoms with Crippen molar-refractivity contribution in [1.82, 2.24) is 20.9 Å². The van der Waals surface area contributed by atoms with Crippen LogP contribution in [0.15, 0.2) is 0 Å². The third-order valence-corrected chi connectivity index (χ3v) is 6.33. The van der Waals surface area contributed by atoms with Crippen LogP contribution in [0.2, 0.25) is 0 Å². The zero-order valence-corrected chi connectivity index (χ0v) is 21.7. The minimum Gasteiger partial charge on any atom is -0.465 e. The molecule has 1 aliphatic heterocycles. The number of alkyl halides is 2. The van der Waals surface area contributed by atoms with E-state index in [4.69, 9.17) is 0 Å². The maximum atomic E-state index is 13.5. The lowest BCUT2D eigenvalue weighted by molar-refractivity contribution is -0.144. The number of likely N-dealkylation sites (tertiary alicyclic amines) is 1. The Hall–Kier alpha value is -2.79. The summed E-state index contributed by atoms with van der Waals surface area (Å²) in [5.41, 5.74) is -1.32. The van der Waals surface area contributed by atoms with E-state index in [1.54, 1.807) is 20.8 Å². The summed E-state index contributed by atoms with van der Waals surface area (Å²) in [6, 6.07) is -3.85. The monoisotopic (exact) mass is 516 g/mol. The predicted molar refractivity (Wildman–Crippen MR) is 126 cm³/mol. The highest BCUT2D eigenvalue weighted by molar-refractivity contribution is 6.38. The van der Waals surface area contributed by atoms with Gasteiger partial charge in [-0.3, -0.25) is 19.2 Å². The molecule has 10 nitrogen and oxygen atoms in total. The zero-order valence-electron chi connectivity index (χ0n) is 21.7. The fourth-order valence-corrected chi connectivity index (χ4v) is 4.25. The molecule has 0 aromatic rings. The Balaban J connectivity index is 2.27. The number of hydrogen-bond donors (Lipinski definition) is 4. The molecule has 2 fully saturated rings. The maximum Gasteiger partial charge on any atom is 0.405 e. The minimum atomic E-state index is -3.12. The van der Waals surface area contributed by atoms with Gasteiger partial charge in [-0.2, -0.15) is 0 Å². The summed E-state index contributed by atoms with van der Waals surface area (Å²) in [4.78, 5) is 64.4. The molecule has 204 valence electrons. The Bertz CT molecular complexity index is 892. The molecule has 1 heterocycles. The Morgan fingerprint density at radius 3 is 2.11 bits per heavy atom. The van der Waals surface area contributed by atoms with Gasteiger partial charge in [-0.05, 0) is 43.4 Å². The van der Waals surface area contributed by atoms with E-state index in [0.29, 0.717) is 6.92 Å². The molecule has 0 bridgehead atoms. The zero-order chi connectivity index (χ0) is 27.6. The Kier molecular flexibility index (Phi) is 8.73. The van der Waals surface area contributed by atoms with Crippen molar-refractivity contribution in [3.05, 3.63) is 0 Å². The van der Waals surface area contributed by atoms with Gasteiger partial charge in [0.1, 0.15) is 12.1 Å². The third kappa shape index (κ3) is 8.41. The van der Waals surface area contributed by atoms with Gasteiger partial charge in [0.25, 0.3) is 5.91 Å². The lowest BCUT2D eigenvalue weighted by atomic mass is 9.85. The van der Waals surface area contributed by atoms with E-state index < -0.39 is 77.3 Å². The number of halogens is 2. The van der Waals surface area contributed by atoms with Crippen molar-refractivity contribution in [3.8, 4) is 0 Å². The Morgan fingerprint density at radius 2 is 1.64 bits per heavy atom. The average molecular weight is 517 g/mol. The van der Waals surface area contributed by atoms with Crippen LogP contribution in [-0.2, 0) is 19.2 Å². The largest absolute Gasteiger partial charge is 0.465 e. The van der Waals surface area contributed by atoms with Crippen molar-refractivity contribution in [2.75, 3.05) is 6.54 Å². The molecule has 1 saturated heterocycles. The number of carbonyl (C=O) groups excluding carboxylic acids is 4. The summed E-state index contributed by atoms with van der Waals surface area (Å²) in [7, 11) is 0. The Labute approximate surface area is 209 Å². The first-order valence-electron chi connectivity index (χ1n) is 12.1. The van der Waals surface area contributed by atoms with Gasteiger partial charge in [-0.15, -0.1) is 0 Å². The van der Waals surface area contributed by atoms with Crippen LogP contribution in [0, 0.1) is 10.8 Å². The highest BCUT2D eigenvalue weighted by Crippen LogP contribution is 2.36.